The molecule has 39 heavy (non-hydrogen) atoms. The Bertz CT molecular complexity index is 1580. The lowest BCUT2D eigenvalue weighted by molar-refractivity contribution is -0.159. The largest absolute Gasteiger partial charge is 0.494 e. The van der Waals surface area contributed by atoms with Crippen LogP contribution in [0.2, 0.25) is 0 Å². The van der Waals surface area contributed by atoms with Gasteiger partial charge >= 0.3 is 11.7 Å². The van der Waals surface area contributed by atoms with Crippen LogP contribution in [-0.2, 0) is 22.6 Å². The highest BCUT2D eigenvalue weighted by atomic mass is 16.3. The molecule has 12 heteroatoms. The molecule has 1 aromatic carbocycles. The molecule has 2 aromatic rings. The summed E-state index contributed by atoms with van der Waals surface area (Å²) in [4.78, 5) is 82.6. The molecular formula is C27H27N5O7. The molecule has 2 fully saturated rings. The summed E-state index contributed by atoms with van der Waals surface area (Å²) in [5, 5.41) is 10.4. The number of hydrogen-bond acceptors (Lipinski definition) is 8. The Morgan fingerprint density at radius 3 is 2.51 bits per heavy atom. The second-order valence-corrected chi connectivity index (χ2v) is 9.95. The van der Waals surface area contributed by atoms with Gasteiger partial charge in [-0.1, -0.05) is 18.2 Å². The maximum Gasteiger partial charge on any atom is 0.332 e. The number of H-pyrrole nitrogens is 1. The van der Waals surface area contributed by atoms with Gasteiger partial charge in [0.1, 0.15) is 5.56 Å². The predicted molar refractivity (Wildman–Crippen MR) is 140 cm³/mol. The van der Waals surface area contributed by atoms with Crippen LogP contribution in [0.15, 0.2) is 46.5 Å². The summed E-state index contributed by atoms with van der Waals surface area (Å²) in [5.41, 5.74) is -1.78. The van der Waals surface area contributed by atoms with E-state index in [1.54, 1.807) is 12.1 Å². The van der Waals surface area contributed by atoms with E-state index in [2.05, 4.69) is 6.58 Å². The molecule has 1 unspecified atom stereocenters. The van der Waals surface area contributed by atoms with Gasteiger partial charge in [-0.25, -0.2) is 9.59 Å². The van der Waals surface area contributed by atoms with E-state index in [1.807, 2.05) is 16.0 Å². The first-order valence-corrected chi connectivity index (χ1v) is 12.4. The van der Waals surface area contributed by atoms with Crippen LogP contribution in [0.1, 0.15) is 34.3 Å². The van der Waals surface area contributed by atoms with Gasteiger partial charge in [-0.3, -0.25) is 38.5 Å². The highest BCUT2D eigenvalue weighted by Crippen LogP contribution is 2.49. The smallest absolute Gasteiger partial charge is 0.332 e. The number of amides is 4. The summed E-state index contributed by atoms with van der Waals surface area (Å²) in [7, 11) is 2.76. The molecule has 5 rings (SSSR count). The molecule has 1 spiro atoms. The topological polar surface area (TPSA) is 153 Å². The molecule has 0 aliphatic carbocycles. The number of carbonyl (C=O) groups excluding carboxylic acids is 4. The van der Waals surface area contributed by atoms with Crippen LogP contribution in [0.25, 0.3) is 6.08 Å². The van der Waals surface area contributed by atoms with Crippen LogP contribution in [-0.4, -0.2) is 74.8 Å². The van der Waals surface area contributed by atoms with Crippen LogP contribution < -0.4 is 16.1 Å². The predicted octanol–water partition coefficient (Wildman–Crippen LogP) is 0.886. The fourth-order valence-corrected chi connectivity index (χ4v) is 5.98. The maximum atomic E-state index is 13.5. The molecular weight excluding hydrogens is 506 g/mol. The van der Waals surface area contributed by atoms with Crippen molar-refractivity contribution in [3.63, 3.8) is 0 Å². The number of nitrogens with zero attached hydrogens (tertiary/aromatic N) is 4. The highest BCUT2D eigenvalue weighted by molar-refractivity contribution is 6.20. The lowest BCUT2D eigenvalue weighted by Crippen LogP contribution is -2.70. The Labute approximate surface area is 222 Å². The zero-order valence-electron chi connectivity index (χ0n) is 21.5. The minimum atomic E-state index is -1.45. The van der Waals surface area contributed by atoms with E-state index in [-0.39, 0.29) is 19.0 Å². The van der Waals surface area contributed by atoms with Crippen molar-refractivity contribution in [2.24, 2.45) is 5.41 Å². The summed E-state index contributed by atoms with van der Waals surface area (Å²) in [6.45, 7) is 4.03. The van der Waals surface area contributed by atoms with Crippen LogP contribution in [0.3, 0.4) is 0 Å². The van der Waals surface area contributed by atoms with Gasteiger partial charge in [0, 0.05) is 32.9 Å². The number of barbiturate groups is 1. The lowest BCUT2D eigenvalue weighted by Gasteiger charge is -2.50. The van der Waals surface area contributed by atoms with Gasteiger partial charge in [-0.2, -0.15) is 0 Å². The Morgan fingerprint density at radius 2 is 1.85 bits per heavy atom. The number of aromatic amines is 1. The van der Waals surface area contributed by atoms with E-state index in [0.29, 0.717) is 24.1 Å². The highest BCUT2D eigenvalue weighted by Gasteiger charge is 2.63. The summed E-state index contributed by atoms with van der Waals surface area (Å²) in [6.07, 6.45) is 5.39. The number of hydrogen-bond donors (Lipinski definition) is 2. The van der Waals surface area contributed by atoms with Crippen LogP contribution in [0.5, 0.6) is 5.88 Å². The maximum absolute atomic E-state index is 13.5. The second-order valence-electron chi connectivity index (χ2n) is 9.95. The summed E-state index contributed by atoms with van der Waals surface area (Å²) < 4.78 is 0.817. The fraction of sp³-hybridized carbons (Fsp3) is 0.333. The van der Waals surface area contributed by atoms with Crippen molar-refractivity contribution in [3.05, 3.63) is 74.5 Å². The van der Waals surface area contributed by atoms with Crippen molar-refractivity contribution >= 4 is 35.4 Å². The number of aromatic nitrogens is 2. The number of benzene rings is 1. The molecule has 4 amide bonds. The fourth-order valence-electron chi connectivity index (χ4n) is 5.98. The van der Waals surface area contributed by atoms with Crippen molar-refractivity contribution < 1.29 is 24.3 Å². The number of fused-ring (bicyclic) bond motifs is 4. The quantitative estimate of drug-likeness (QED) is 0.249. The normalized spacial score (nSPS) is 20.1. The van der Waals surface area contributed by atoms with E-state index >= 15 is 0 Å². The van der Waals surface area contributed by atoms with Gasteiger partial charge < -0.3 is 10.0 Å². The van der Waals surface area contributed by atoms with Gasteiger partial charge in [-0.05, 0) is 48.6 Å². The van der Waals surface area contributed by atoms with Gasteiger partial charge in [-0.15, -0.1) is 6.58 Å². The number of anilines is 1. The number of ketones is 1. The first-order valence-electron chi connectivity index (χ1n) is 12.4. The summed E-state index contributed by atoms with van der Waals surface area (Å²) >= 11 is 0. The van der Waals surface area contributed by atoms with Crippen molar-refractivity contribution in [1.29, 1.82) is 0 Å². The number of aromatic hydroxyl groups is 1. The molecule has 2 saturated heterocycles. The third kappa shape index (κ3) is 3.74. The zero-order chi connectivity index (χ0) is 28.2. The molecule has 12 nitrogen and oxygen atoms in total. The Morgan fingerprint density at radius 1 is 1.15 bits per heavy atom. The van der Waals surface area contributed by atoms with Crippen LogP contribution in [0.4, 0.5) is 10.5 Å². The number of carbonyl (C=O) groups is 4. The van der Waals surface area contributed by atoms with Crippen LogP contribution >= 0.6 is 0 Å². The van der Waals surface area contributed by atoms with Gasteiger partial charge in [0.15, 0.2) is 11.2 Å². The first-order chi connectivity index (χ1) is 18.5. The number of allylic oxidation sites excluding steroid dienone is 2. The summed E-state index contributed by atoms with van der Waals surface area (Å²) in [5.74, 6) is -2.64. The Hall–Kier alpha value is -4.74. The number of rotatable bonds is 5. The average molecular weight is 534 g/mol. The van der Waals surface area contributed by atoms with Crippen molar-refractivity contribution in [2.45, 2.75) is 31.8 Å². The molecule has 4 heterocycles. The molecule has 3 aliphatic rings. The SMILES string of the molecule is C=CCn1c(O)c(C(=O)/C=C/c2ccc3c(c2)CC2(C(=O)N(C)C(=O)N(C)C2=O)C2CCCN32)c(=O)[nH]c1=O. The third-order valence-corrected chi connectivity index (χ3v) is 7.81. The number of nitrogens with one attached hydrogen (secondary N) is 1. The zero-order valence-corrected chi connectivity index (χ0v) is 21.5. The second kappa shape index (κ2) is 9.22. The Kier molecular flexibility index (Phi) is 6.12. The third-order valence-electron chi connectivity index (χ3n) is 7.81. The minimum absolute atomic E-state index is 0.0890. The average Bonchev–Trinajstić information content (AvgIpc) is 3.41. The van der Waals surface area contributed by atoms with E-state index in [9.17, 15) is 33.9 Å². The van der Waals surface area contributed by atoms with E-state index in [1.165, 1.54) is 26.2 Å². The lowest BCUT2D eigenvalue weighted by atomic mass is 9.68. The molecule has 0 bridgehead atoms. The van der Waals surface area contributed by atoms with Crippen molar-refractivity contribution in [3.8, 4) is 5.88 Å². The molecule has 3 aliphatic heterocycles. The Balaban J connectivity index is 1.52. The van der Waals surface area contributed by atoms with E-state index < -0.39 is 51.7 Å². The van der Waals surface area contributed by atoms with Gasteiger partial charge in [0.2, 0.25) is 17.7 Å². The number of imide groups is 2. The molecule has 2 N–H and O–H groups in total. The molecule has 1 atom stereocenters. The number of urea groups is 1. The van der Waals surface area contributed by atoms with Crippen molar-refractivity contribution in [1.82, 2.24) is 19.4 Å². The molecule has 1 aromatic heterocycles. The van der Waals surface area contributed by atoms with Gasteiger partial charge in [0.05, 0.1) is 6.04 Å². The first kappa shape index (κ1) is 25.9. The molecule has 202 valence electrons. The van der Waals surface area contributed by atoms with E-state index in [0.717, 1.165) is 32.6 Å². The van der Waals surface area contributed by atoms with Crippen LogP contribution in [0, 0.1) is 5.41 Å². The van der Waals surface area contributed by atoms with E-state index in [4.69, 9.17) is 0 Å². The van der Waals surface area contributed by atoms with Gasteiger partial charge in [0.25, 0.3) is 5.56 Å². The standard InChI is InChI=1S/C27H27N5O7/c1-4-11-32-22(35)20(21(34)28-25(32)38)18(33)10-8-15-7-9-17-16(13-15)14-27(19-6-5-12-31(17)19)23(36)29(2)26(39)30(3)24(27)37/h4,7-10,13,19,35H,1,5-6,11-12,14H2,2-3H3,(H,28,34,38)/b10-8+. The van der Waals surface area contributed by atoms with Crippen molar-refractivity contribution in [2.75, 3.05) is 25.5 Å². The monoisotopic (exact) mass is 533 g/mol. The summed E-state index contributed by atoms with van der Waals surface area (Å²) in [6, 6.07) is 4.33. The molecule has 0 saturated carbocycles. The minimum Gasteiger partial charge on any atom is -0.494 e. The molecule has 0 radical (unpaired) electrons.